The third-order valence-electron chi connectivity index (χ3n) is 7.77. The highest BCUT2D eigenvalue weighted by Gasteiger charge is 2.58. The Morgan fingerprint density at radius 3 is 2.58 bits per heavy atom. The minimum Gasteiger partial charge on any atom is -0.427 e. The third kappa shape index (κ3) is 4.52. The third-order valence-corrected chi connectivity index (χ3v) is 7.77. The first-order valence-corrected chi connectivity index (χ1v) is 12.7. The molecular weight excluding hydrogens is 536 g/mol. The van der Waals surface area contributed by atoms with Crippen molar-refractivity contribution in [1.29, 1.82) is 0 Å². The maximum absolute atomic E-state index is 13.7. The van der Waals surface area contributed by atoms with E-state index >= 15 is 0 Å². The van der Waals surface area contributed by atoms with E-state index < -0.39 is 65.7 Å². The molecule has 13 heteroatoms. The van der Waals surface area contributed by atoms with Crippen molar-refractivity contribution >= 4 is 29.6 Å². The molecule has 0 saturated carbocycles. The number of halogens is 4. The average molecular weight is 563 g/mol. The molecule has 2 saturated heterocycles. The van der Waals surface area contributed by atoms with Gasteiger partial charge in [0.25, 0.3) is 5.91 Å². The van der Waals surface area contributed by atoms with Gasteiger partial charge in [-0.05, 0) is 61.6 Å². The Morgan fingerprint density at radius 1 is 1.12 bits per heavy atom. The van der Waals surface area contributed by atoms with Crippen LogP contribution in [0.2, 0.25) is 0 Å². The van der Waals surface area contributed by atoms with Crippen LogP contribution in [-0.2, 0) is 32.5 Å². The zero-order valence-corrected chi connectivity index (χ0v) is 21.6. The molecule has 212 valence electrons. The smallest absolute Gasteiger partial charge is 0.418 e. The zero-order valence-electron chi connectivity index (χ0n) is 21.6. The Hall–Kier alpha value is -4.16. The van der Waals surface area contributed by atoms with E-state index in [1.165, 1.54) is 11.9 Å². The number of amides is 5. The number of imide groups is 1. The van der Waals surface area contributed by atoms with Crippen molar-refractivity contribution in [2.45, 2.75) is 56.5 Å². The SMILES string of the molecule is CNC(=O)Nc1ccc2c(c1)CCC21OC(=O)N(CC(=O)N2[C@H](C)CC[C@H]2c2ccc(F)cc2C(F)(F)F)C1=O. The van der Waals surface area contributed by atoms with Crippen LogP contribution in [0, 0.1) is 5.82 Å². The lowest BCUT2D eigenvalue weighted by Crippen LogP contribution is -2.46. The van der Waals surface area contributed by atoms with Crippen molar-refractivity contribution in [3.05, 3.63) is 64.5 Å². The fraction of sp³-hybridized carbons (Fsp3) is 0.407. The molecule has 3 atom stereocenters. The van der Waals surface area contributed by atoms with Crippen LogP contribution in [0.4, 0.5) is 32.8 Å². The number of urea groups is 1. The molecule has 5 amide bonds. The van der Waals surface area contributed by atoms with Gasteiger partial charge in [-0.1, -0.05) is 12.1 Å². The quantitative estimate of drug-likeness (QED) is 0.535. The fourth-order valence-corrected chi connectivity index (χ4v) is 5.92. The van der Waals surface area contributed by atoms with E-state index in [1.807, 2.05) is 0 Å². The molecule has 9 nitrogen and oxygen atoms in total. The van der Waals surface area contributed by atoms with E-state index in [2.05, 4.69) is 10.6 Å². The lowest BCUT2D eigenvalue weighted by Gasteiger charge is -2.31. The largest absolute Gasteiger partial charge is 0.427 e. The van der Waals surface area contributed by atoms with Crippen LogP contribution < -0.4 is 10.6 Å². The summed E-state index contributed by atoms with van der Waals surface area (Å²) in [5, 5.41) is 5.06. The van der Waals surface area contributed by atoms with Crippen LogP contribution >= 0.6 is 0 Å². The van der Waals surface area contributed by atoms with Crippen molar-refractivity contribution in [3.63, 3.8) is 0 Å². The fourth-order valence-electron chi connectivity index (χ4n) is 5.92. The summed E-state index contributed by atoms with van der Waals surface area (Å²) >= 11 is 0. The Morgan fingerprint density at radius 2 is 1.88 bits per heavy atom. The molecule has 0 bridgehead atoms. The number of fused-ring (bicyclic) bond motifs is 2. The minimum atomic E-state index is -4.84. The molecule has 40 heavy (non-hydrogen) atoms. The van der Waals surface area contributed by atoms with E-state index in [1.54, 1.807) is 25.1 Å². The van der Waals surface area contributed by atoms with Crippen molar-refractivity contribution in [1.82, 2.24) is 15.1 Å². The summed E-state index contributed by atoms with van der Waals surface area (Å²) in [4.78, 5) is 53.4. The van der Waals surface area contributed by atoms with Gasteiger partial charge >= 0.3 is 18.3 Å². The zero-order chi connectivity index (χ0) is 29.0. The summed E-state index contributed by atoms with van der Waals surface area (Å²) < 4.78 is 60.4. The van der Waals surface area contributed by atoms with E-state index in [4.69, 9.17) is 4.74 Å². The maximum Gasteiger partial charge on any atom is 0.418 e. The first-order valence-electron chi connectivity index (χ1n) is 12.7. The molecule has 2 heterocycles. The number of ether oxygens (including phenoxy) is 1. The molecule has 2 aliphatic heterocycles. The van der Waals surface area contributed by atoms with Gasteiger partial charge in [0.05, 0.1) is 11.6 Å². The number of nitrogens with one attached hydrogen (secondary N) is 2. The number of hydrogen-bond acceptors (Lipinski definition) is 5. The van der Waals surface area contributed by atoms with Gasteiger partial charge in [0, 0.05) is 30.8 Å². The normalized spacial score (nSPS) is 23.9. The van der Waals surface area contributed by atoms with Gasteiger partial charge in [0.15, 0.2) is 0 Å². The summed E-state index contributed by atoms with van der Waals surface area (Å²) in [6.07, 6.45) is -4.79. The number of carbonyl (C=O) groups is 4. The lowest BCUT2D eigenvalue weighted by molar-refractivity contribution is -0.144. The maximum atomic E-state index is 13.7. The van der Waals surface area contributed by atoms with Gasteiger partial charge in [-0.2, -0.15) is 13.2 Å². The summed E-state index contributed by atoms with van der Waals surface area (Å²) in [5.41, 5.74) is -1.44. The molecule has 1 aliphatic carbocycles. The topological polar surface area (TPSA) is 108 Å². The van der Waals surface area contributed by atoms with Gasteiger partial charge < -0.3 is 20.3 Å². The number of alkyl halides is 3. The second-order valence-corrected chi connectivity index (χ2v) is 10.1. The molecule has 2 aromatic rings. The first-order chi connectivity index (χ1) is 18.9. The second-order valence-electron chi connectivity index (χ2n) is 10.1. The molecular formula is C27H26F4N4O5. The van der Waals surface area contributed by atoms with Crippen molar-refractivity contribution in [3.8, 4) is 0 Å². The van der Waals surface area contributed by atoms with E-state index in [9.17, 15) is 36.7 Å². The van der Waals surface area contributed by atoms with Crippen LogP contribution in [0.3, 0.4) is 0 Å². The van der Waals surface area contributed by atoms with E-state index in [0.29, 0.717) is 40.6 Å². The summed E-state index contributed by atoms with van der Waals surface area (Å²) in [6.45, 7) is 0.951. The highest BCUT2D eigenvalue weighted by molar-refractivity contribution is 6.06. The standard InChI is InChI=1S/C27H26F4N4O5/c1-14-3-8-21(18-6-4-16(28)12-20(18)27(29,30)31)35(14)22(36)13-34-23(37)26(40-25(34)39)10-9-15-11-17(5-7-19(15)26)33-24(38)32-2/h4-7,11-12,14,21H,3,8-10,13H2,1-2H3,(H2,32,33,38)/t14-,21+,26?/m1/s1. The molecule has 0 radical (unpaired) electrons. The van der Waals surface area contributed by atoms with Gasteiger partial charge in [0.2, 0.25) is 11.5 Å². The molecule has 1 unspecified atom stereocenters. The summed E-state index contributed by atoms with van der Waals surface area (Å²) in [6, 6.07) is 5.22. The summed E-state index contributed by atoms with van der Waals surface area (Å²) in [5.74, 6) is -2.51. The number of anilines is 1. The average Bonchev–Trinajstić information content (AvgIpc) is 3.53. The molecule has 2 fully saturated rings. The lowest BCUT2D eigenvalue weighted by atomic mass is 9.94. The molecule has 0 aromatic heterocycles. The molecule has 1 spiro atoms. The van der Waals surface area contributed by atoms with Gasteiger partial charge in [-0.3, -0.25) is 9.59 Å². The van der Waals surface area contributed by atoms with Crippen LogP contribution in [0.1, 0.15) is 54.5 Å². The molecule has 2 aromatic carbocycles. The minimum absolute atomic E-state index is 0.133. The van der Waals surface area contributed by atoms with Crippen LogP contribution in [-0.4, -0.2) is 53.4 Å². The number of likely N-dealkylation sites (tertiary alicyclic amines) is 1. The van der Waals surface area contributed by atoms with Crippen LogP contribution in [0.25, 0.3) is 0 Å². The second kappa shape index (κ2) is 9.79. The number of aryl methyl sites for hydroxylation is 1. The predicted octanol–water partition coefficient (Wildman–Crippen LogP) is 4.47. The Bertz CT molecular complexity index is 1410. The van der Waals surface area contributed by atoms with Gasteiger partial charge in [-0.15, -0.1) is 0 Å². The van der Waals surface area contributed by atoms with E-state index in [-0.39, 0.29) is 18.4 Å². The van der Waals surface area contributed by atoms with Crippen molar-refractivity contribution in [2.75, 3.05) is 18.9 Å². The Kier molecular flexibility index (Phi) is 6.71. The highest BCUT2D eigenvalue weighted by atomic mass is 19.4. The van der Waals surface area contributed by atoms with Gasteiger partial charge in [-0.25, -0.2) is 18.9 Å². The number of benzene rings is 2. The number of carbonyl (C=O) groups excluding carboxylic acids is 4. The monoisotopic (exact) mass is 562 g/mol. The highest BCUT2D eigenvalue weighted by Crippen LogP contribution is 2.47. The Balaban J connectivity index is 1.39. The van der Waals surface area contributed by atoms with E-state index in [0.717, 1.165) is 12.1 Å². The Labute approximate surface area is 226 Å². The van der Waals surface area contributed by atoms with Crippen LogP contribution in [0.5, 0.6) is 0 Å². The van der Waals surface area contributed by atoms with Crippen molar-refractivity contribution in [2.24, 2.45) is 0 Å². The van der Waals surface area contributed by atoms with Crippen molar-refractivity contribution < 1.29 is 41.5 Å². The molecule has 5 rings (SSSR count). The molecule has 2 N–H and O–H groups in total. The van der Waals surface area contributed by atoms with Crippen LogP contribution in [0.15, 0.2) is 36.4 Å². The number of hydrogen-bond donors (Lipinski definition) is 2. The van der Waals surface area contributed by atoms with Gasteiger partial charge in [0.1, 0.15) is 12.4 Å². The first kappa shape index (κ1) is 27.4. The molecule has 3 aliphatic rings. The predicted molar refractivity (Wildman–Crippen MR) is 132 cm³/mol. The number of rotatable bonds is 4. The summed E-state index contributed by atoms with van der Waals surface area (Å²) in [7, 11) is 1.46. The number of nitrogens with zero attached hydrogens (tertiary/aromatic N) is 2.